The first kappa shape index (κ1) is 22.4. The third-order valence-electron chi connectivity index (χ3n) is 5.33. The Balaban J connectivity index is 1.72. The Morgan fingerprint density at radius 2 is 0.625 bits per heavy atom. The third-order valence-corrected chi connectivity index (χ3v) is 10.3. The van der Waals surface area contributed by atoms with Crippen LogP contribution in [0.2, 0.25) is 0 Å². The molecule has 0 radical (unpaired) electrons. The summed E-state index contributed by atoms with van der Waals surface area (Å²) in [7, 11) is -1.09. The molecule has 0 atom stereocenters. The van der Waals surface area contributed by atoms with Gasteiger partial charge in [-0.1, -0.05) is 133 Å². The molecule has 4 aromatic carbocycles. The van der Waals surface area contributed by atoms with E-state index in [1.54, 1.807) is 0 Å². The van der Waals surface area contributed by atoms with Crippen molar-refractivity contribution in [1.29, 1.82) is 0 Å². The molecule has 32 heavy (non-hydrogen) atoms. The van der Waals surface area contributed by atoms with Crippen LogP contribution in [0.4, 0.5) is 0 Å². The Labute approximate surface area is 194 Å². The number of hydrogen-bond donors (Lipinski definition) is 0. The van der Waals surface area contributed by atoms with Gasteiger partial charge >= 0.3 is 0 Å². The van der Waals surface area contributed by atoms with E-state index in [9.17, 15) is 0 Å². The van der Waals surface area contributed by atoms with Crippen LogP contribution in [0.3, 0.4) is 0 Å². The standard InChI is InChI=1S/C30H28P2/c1-25(31(27-15-7-3-8-16-27)28-17-9-4-10-18-28)23-24-26(2)32(29-19-11-5-12-20-29)30-21-13-6-14-22-30/h3-24H,1-2H3/b25-23-,26-24+. The van der Waals surface area contributed by atoms with E-state index in [1.165, 1.54) is 31.8 Å². The van der Waals surface area contributed by atoms with Gasteiger partial charge < -0.3 is 0 Å². The Bertz CT molecular complexity index is 989. The molecule has 0 saturated carbocycles. The fourth-order valence-corrected chi connectivity index (χ4v) is 8.36. The van der Waals surface area contributed by atoms with Crippen LogP contribution in [0.15, 0.2) is 144 Å². The highest BCUT2D eigenvalue weighted by Gasteiger charge is 2.17. The van der Waals surface area contributed by atoms with Crippen molar-refractivity contribution in [2.45, 2.75) is 13.8 Å². The van der Waals surface area contributed by atoms with Gasteiger partial charge in [-0.05, 0) is 61.5 Å². The molecule has 4 rings (SSSR count). The lowest BCUT2D eigenvalue weighted by Crippen LogP contribution is -2.12. The highest BCUT2D eigenvalue weighted by Crippen LogP contribution is 2.45. The molecular weight excluding hydrogens is 422 g/mol. The van der Waals surface area contributed by atoms with Crippen LogP contribution in [0, 0.1) is 0 Å². The SMILES string of the molecule is C/C(=C/C=C(\C)P(c1ccccc1)c1ccccc1)P(c1ccccc1)c1ccccc1. The zero-order valence-electron chi connectivity index (χ0n) is 18.6. The second kappa shape index (κ2) is 11.2. The van der Waals surface area contributed by atoms with E-state index >= 15 is 0 Å². The first-order valence-electron chi connectivity index (χ1n) is 10.9. The molecule has 2 heteroatoms. The molecule has 0 aromatic heterocycles. The van der Waals surface area contributed by atoms with Gasteiger partial charge in [0.05, 0.1) is 0 Å². The molecule has 0 amide bonds. The molecule has 0 nitrogen and oxygen atoms in total. The summed E-state index contributed by atoms with van der Waals surface area (Å²) in [5.74, 6) is 0. The second-order valence-electron chi connectivity index (χ2n) is 7.63. The Morgan fingerprint density at radius 1 is 0.406 bits per heavy atom. The van der Waals surface area contributed by atoms with Gasteiger partial charge in [-0.3, -0.25) is 0 Å². The van der Waals surface area contributed by atoms with Crippen molar-refractivity contribution in [3.05, 3.63) is 144 Å². The van der Waals surface area contributed by atoms with Crippen molar-refractivity contribution in [3.63, 3.8) is 0 Å². The normalized spacial score (nSPS) is 12.4. The number of hydrogen-bond acceptors (Lipinski definition) is 0. The third kappa shape index (κ3) is 5.52. The fraction of sp³-hybridized carbons (Fsp3) is 0.0667. The van der Waals surface area contributed by atoms with Crippen LogP contribution in [-0.4, -0.2) is 0 Å². The Kier molecular flexibility index (Phi) is 7.84. The van der Waals surface area contributed by atoms with Crippen LogP contribution < -0.4 is 21.2 Å². The van der Waals surface area contributed by atoms with Crippen molar-refractivity contribution in [2.75, 3.05) is 0 Å². The molecule has 0 saturated heterocycles. The summed E-state index contributed by atoms with van der Waals surface area (Å²) in [4.78, 5) is 0. The zero-order chi connectivity index (χ0) is 22.2. The van der Waals surface area contributed by atoms with Crippen LogP contribution in [0.5, 0.6) is 0 Å². The maximum Gasteiger partial charge on any atom is -0.0154 e. The van der Waals surface area contributed by atoms with Gasteiger partial charge in [0.25, 0.3) is 0 Å². The molecule has 0 aliphatic heterocycles. The monoisotopic (exact) mass is 450 g/mol. The second-order valence-corrected chi connectivity index (χ2v) is 12.4. The number of benzene rings is 4. The summed E-state index contributed by atoms with van der Waals surface area (Å²) < 4.78 is 0. The van der Waals surface area contributed by atoms with E-state index < -0.39 is 15.8 Å². The lowest BCUT2D eigenvalue weighted by Gasteiger charge is -2.21. The fourth-order valence-electron chi connectivity index (χ4n) is 3.81. The average Bonchev–Trinajstić information content (AvgIpc) is 2.86. The van der Waals surface area contributed by atoms with Gasteiger partial charge in [-0.15, -0.1) is 0 Å². The van der Waals surface area contributed by atoms with E-state index in [1.807, 2.05) is 0 Å². The molecule has 0 heterocycles. The van der Waals surface area contributed by atoms with Crippen LogP contribution in [0.25, 0.3) is 0 Å². The predicted octanol–water partition coefficient (Wildman–Crippen LogP) is 7.06. The van der Waals surface area contributed by atoms with E-state index in [0.717, 1.165) is 0 Å². The first-order chi connectivity index (χ1) is 15.7. The summed E-state index contributed by atoms with van der Waals surface area (Å²) in [5, 5.41) is 8.38. The molecule has 4 aromatic rings. The molecule has 0 bridgehead atoms. The Morgan fingerprint density at radius 3 is 0.844 bits per heavy atom. The van der Waals surface area contributed by atoms with Crippen LogP contribution >= 0.6 is 15.8 Å². The average molecular weight is 451 g/mol. The van der Waals surface area contributed by atoms with Gasteiger partial charge in [-0.2, -0.15) is 0 Å². The van der Waals surface area contributed by atoms with Gasteiger partial charge in [0.15, 0.2) is 0 Å². The molecule has 158 valence electrons. The van der Waals surface area contributed by atoms with Crippen LogP contribution in [0.1, 0.15) is 13.8 Å². The molecule has 0 fully saturated rings. The summed E-state index contributed by atoms with van der Waals surface area (Å²) in [6, 6.07) is 43.6. The van der Waals surface area contributed by atoms with Crippen molar-refractivity contribution >= 4 is 37.1 Å². The van der Waals surface area contributed by atoms with Gasteiger partial charge in [-0.25, -0.2) is 0 Å². The highest BCUT2D eigenvalue weighted by atomic mass is 31.1. The van der Waals surface area contributed by atoms with Crippen molar-refractivity contribution in [3.8, 4) is 0 Å². The van der Waals surface area contributed by atoms with E-state index in [0.29, 0.717) is 0 Å². The molecular formula is C30H28P2. The smallest absolute Gasteiger partial charge is 0.0154 e. The van der Waals surface area contributed by atoms with Crippen molar-refractivity contribution in [1.82, 2.24) is 0 Å². The molecule has 0 aliphatic carbocycles. The molecule has 0 spiro atoms. The summed E-state index contributed by atoms with van der Waals surface area (Å²) in [6.07, 6.45) is 4.70. The zero-order valence-corrected chi connectivity index (χ0v) is 20.4. The lowest BCUT2D eigenvalue weighted by molar-refractivity contribution is 1.60. The predicted molar refractivity (Wildman–Crippen MR) is 146 cm³/mol. The van der Waals surface area contributed by atoms with Crippen molar-refractivity contribution < 1.29 is 0 Å². The maximum atomic E-state index is 2.35. The summed E-state index contributed by atoms with van der Waals surface area (Å²) in [5.41, 5.74) is 0. The van der Waals surface area contributed by atoms with Gasteiger partial charge in [0.1, 0.15) is 0 Å². The highest BCUT2D eigenvalue weighted by molar-refractivity contribution is 7.77. The van der Waals surface area contributed by atoms with Gasteiger partial charge in [0, 0.05) is 0 Å². The first-order valence-corrected chi connectivity index (χ1v) is 13.6. The maximum absolute atomic E-state index is 2.35. The summed E-state index contributed by atoms with van der Waals surface area (Å²) in [6.45, 7) is 4.56. The van der Waals surface area contributed by atoms with Gasteiger partial charge in [0.2, 0.25) is 0 Å². The summed E-state index contributed by atoms with van der Waals surface area (Å²) >= 11 is 0. The minimum absolute atomic E-state index is 0.547. The molecule has 0 aliphatic rings. The number of rotatable bonds is 7. The Hall–Kier alpha value is -2.78. The lowest BCUT2D eigenvalue weighted by atomic mass is 10.4. The minimum Gasteiger partial charge on any atom is -0.0622 e. The van der Waals surface area contributed by atoms with E-state index in [4.69, 9.17) is 0 Å². The largest absolute Gasteiger partial charge is 0.0622 e. The minimum atomic E-state index is -0.547. The topological polar surface area (TPSA) is 0 Å². The number of allylic oxidation sites excluding steroid dienone is 4. The quantitative estimate of drug-likeness (QED) is 0.209. The van der Waals surface area contributed by atoms with Crippen molar-refractivity contribution in [2.24, 2.45) is 0 Å². The molecule has 0 N–H and O–H groups in total. The van der Waals surface area contributed by atoms with E-state index in [2.05, 4.69) is 147 Å². The van der Waals surface area contributed by atoms with Crippen LogP contribution in [-0.2, 0) is 0 Å². The van der Waals surface area contributed by atoms with E-state index in [-0.39, 0.29) is 0 Å². The molecule has 0 unspecified atom stereocenters.